The van der Waals surface area contributed by atoms with Crippen LogP contribution in [0.5, 0.6) is 0 Å². The van der Waals surface area contributed by atoms with Gasteiger partial charge >= 0.3 is 0 Å². The highest BCUT2D eigenvalue weighted by molar-refractivity contribution is 6.31. The lowest BCUT2D eigenvalue weighted by atomic mass is 10.1. The molecule has 0 aliphatic carbocycles. The number of benzene rings is 1. The van der Waals surface area contributed by atoms with Crippen molar-refractivity contribution >= 4 is 17.4 Å². The summed E-state index contributed by atoms with van der Waals surface area (Å²) in [5, 5.41) is 0.270. The van der Waals surface area contributed by atoms with E-state index in [4.69, 9.17) is 16.3 Å². The first-order valence-corrected chi connectivity index (χ1v) is 4.92. The molecule has 0 bridgehead atoms. The third-order valence-corrected chi connectivity index (χ3v) is 2.54. The second-order valence-electron chi connectivity index (χ2n) is 3.26. The highest BCUT2D eigenvalue weighted by Gasteiger charge is 2.14. The monoisotopic (exact) mass is 230 g/mol. The molecule has 0 aliphatic rings. The Hall–Kier alpha value is -0.930. The zero-order valence-corrected chi connectivity index (χ0v) is 9.34. The Kier molecular flexibility index (Phi) is 4.24. The molecular weight excluding hydrogens is 219 g/mol. The van der Waals surface area contributed by atoms with Gasteiger partial charge in [-0.05, 0) is 24.6 Å². The van der Waals surface area contributed by atoms with Gasteiger partial charge in [-0.15, -0.1) is 0 Å². The molecule has 2 nitrogen and oxygen atoms in total. The number of hydrogen-bond acceptors (Lipinski definition) is 2. The van der Waals surface area contributed by atoms with Crippen molar-refractivity contribution in [1.82, 2.24) is 0 Å². The quantitative estimate of drug-likeness (QED) is 0.795. The van der Waals surface area contributed by atoms with E-state index in [2.05, 4.69) is 0 Å². The smallest absolute Gasteiger partial charge is 0.165 e. The van der Waals surface area contributed by atoms with E-state index in [0.29, 0.717) is 5.56 Å². The summed E-state index contributed by atoms with van der Waals surface area (Å²) in [6, 6.07) is 3.99. The molecule has 82 valence electrons. The average Bonchev–Trinajstić information content (AvgIpc) is 2.20. The van der Waals surface area contributed by atoms with Gasteiger partial charge in [0.2, 0.25) is 0 Å². The van der Waals surface area contributed by atoms with Crippen molar-refractivity contribution in [2.45, 2.75) is 19.4 Å². The van der Waals surface area contributed by atoms with Crippen molar-refractivity contribution in [2.75, 3.05) is 7.11 Å². The lowest BCUT2D eigenvalue weighted by Crippen LogP contribution is -2.21. The number of carbonyl (C=O) groups excluding carboxylic acids is 1. The maximum atomic E-state index is 12.7. The Morgan fingerprint density at radius 3 is 2.80 bits per heavy atom. The first-order valence-electron chi connectivity index (χ1n) is 4.54. The van der Waals surface area contributed by atoms with E-state index in [1.54, 1.807) is 6.92 Å². The van der Waals surface area contributed by atoms with Gasteiger partial charge in [0.25, 0.3) is 0 Å². The maximum Gasteiger partial charge on any atom is 0.165 e. The second-order valence-corrected chi connectivity index (χ2v) is 3.66. The molecule has 0 fully saturated rings. The van der Waals surface area contributed by atoms with Gasteiger partial charge in [0.15, 0.2) is 5.78 Å². The predicted molar refractivity (Wildman–Crippen MR) is 56.6 cm³/mol. The molecule has 0 amide bonds. The zero-order chi connectivity index (χ0) is 11.4. The summed E-state index contributed by atoms with van der Waals surface area (Å²) in [7, 11) is 1.47. The molecule has 0 aromatic heterocycles. The van der Waals surface area contributed by atoms with Gasteiger partial charge < -0.3 is 4.74 Å². The highest BCUT2D eigenvalue weighted by atomic mass is 35.5. The molecule has 0 radical (unpaired) electrons. The molecule has 0 saturated carbocycles. The minimum Gasteiger partial charge on any atom is -0.374 e. The number of ketones is 1. The van der Waals surface area contributed by atoms with Crippen LogP contribution in [-0.2, 0) is 16.0 Å². The van der Waals surface area contributed by atoms with Crippen LogP contribution in [0.4, 0.5) is 4.39 Å². The lowest BCUT2D eigenvalue weighted by molar-refractivity contribution is -0.127. The molecule has 4 heteroatoms. The first-order chi connectivity index (χ1) is 7.04. The number of rotatable bonds is 4. The third kappa shape index (κ3) is 3.29. The van der Waals surface area contributed by atoms with Crippen LogP contribution >= 0.6 is 11.6 Å². The van der Waals surface area contributed by atoms with Gasteiger partial charge in [0.05, 0.1) is 0 Å². The summed E-state index contributed by atoms with van der Waals surface area (Å²) in [5.74, 6) is -0.484. The topological polar surface area (TPSA) is 26.3 Å². The van der Waals surface area contributed by atoms with Crippen molar-refractivity contribution in [3.63, 3.8) is 0 Å². The van der Waals surface area contributed by atoms with Gasteiger partial charge in [-0.3, -0.25) is 4.79 Å². The Bertz CT molecular complexity index is 366. The number of methoxy groups -OCH3 is 1. The normalized spacial score (nSPS) is 12.5. The van der Waals surface area contributed by atoms with Gasteiger partial charge in [0, 0.05) is 18.6 Å². The molecule has 0 N–H and O–H groups in total. The van der Waals surface area contributed by atoms with Crippen molar-refractivity contribution in [2.24, 2.45) is 0 Å². The third-order valence-electron chi connectivity index (χ3n) is 2.19. The summed E-state index contributed by atoms with van der Waals surface area (Å²) in [6.45, 7) is 1.67. The summed E-state index contributed by atoms with van der Waals surface area (Å²) in [5.41, 5.74) is 0.618. The van der Waals surface area contributed by atoms with E-state index >= 15 is 0 Å². The Morgan fingerprint density at radius 2 is 2.27 bits per heavy atom. The van der Waals surface area contributed by atoms with Crippen LogP contribution in [0, 0.1) is 5.82 Å². The average molecular weight is 231 g/mol. The number of hydrogen-bond donors (Lipinski definition) is 0. The fraction of sp³-hybridized carbons (Fsp3) is 0.364. The minimum absolute atomic E-state index is 0.0778. The van der Waals surface area contributed by atoms with Crippen LogP contribution in [0.2, 0.25) is 5.02 Å². The van der Waals surface area contributed by atoms with Gasteiger partial charge in [-0.1, -0.05) is 17.7 Å². The van der Waals surface area contributed by atoms with E-state index in [0.717, 1.165) is 0 Å². The predicted octanol–water partition coefficient (Wildman–Crippen LogP) is 2.63. The van der Waals surface area contributed by atoms with Gasteiger partial charge in [-0.25, -0.2) is 4.39 Å². The van der Waals surface area contributed by atoms with Crippen LogP contribution in [0.3, 0.4) is 0 Å². The molecule has 1 unspecified atom stereocenters. The molecule has 15 heavy (non-hydrogen) atoms. The maximum absolute atomic E-state index is 12.7. The van der Waals surface area contributed by atoms with E-state index in [-0.39, 0.29) is 17.2 Å². The molecular formula is C11H12ClFO2. The fourth-order valence-corrected chi connectivity index (χ4v) is 1.36. The van der Waals surface area contributed by atoms with Crippen LogP contribution < -0.4 is 0 Å². The zero-order valence-electron chi connectivity index (χ0n) is 8.59. The lowest BCUT2D eigenvalue weighted by Gasteiger charge is -2.09. The largest absolute Gasteiger partial charge is 0.374 e. The van der Waals surface area contributed by atoms with Crippen LogP contribution in [-0.4, -0.2) is 19.0 Å². The van der Waals surface area contributed by atoms with Crippen molar-refractivity contribution in [1.29, 1.82) is 0 Å². The standard InChI is InChI=1S/C11H12ClFO2/c1-7(15-2)11(14)5-8-3-4-9(13)6-10(8)12/h3-4,6-7H,5H2,1-2H3. The molecule has 0 saturated heterocycles. The summed E-state index contributed by atoms with van der Waals surface area (Å²) >= 11 is 5.79. The number of halogens is 2. The van der Waals surface area contributed by atoms with E-state index in [1.807, 2.05) is 0 Å². The minimum atomic E-state index is -0.467. The van der Waals surface area contributed by atoms with Crippen LogP contribution in [0.15, 0.2) is 18.2 Å². The molecule has 1 rings (SSSR count). The van der Waals surface area contributed by atoms with Crippen LogP contribution in [0.25, 0.3) is 0 Å². The number of carbonyl (C=O) groups is 1. The SMILES string of the molecule is COC(C)C(=O)Cc1ccc(F)cc1Cl. The number of ether oxygens (including phenoxy) is 1. The van der Waals surface area contributed by atoms with Gasteiger partial charge in [-0.2, -0.15) is 0 Å². The molecule has 1 aromatic carbocycles. The molecule has 1 aromatic rings. The summed E-state index contributed by atoms with van der Waals surface area (Å²) in [4.78, 5) is 11.5. The van der Waals surface area contributed by atoms with Crippen LogP contribution in [0.1, 0.15) is 12.5 Å². The van der Waals surface area contributed by atoms with E-state index in [9.17, 15) is 9.18 Å². The summed E-state index contributed by atoms with van der Waals surface area (Å²) < 4.78 is 17.6. The molecule has 0 spiro atoms. The Balaban J connectivity index is 2.77. The number of Topliss-reactive ketones (excluding diaryl/α,β-unsaturated/α-hetero) is 1. The van der Waals surface area contributed by atoms with Gasteiger partial charge in [0.1, 0.15) is 11.9 Å². The van der Waals surface area contributed by atoms with E-state index in [1.165, 1.54) is 25.3 Å². The summed E-state index contributed by atoms with van der Waals surface area (Å²) in [6.07, 6.45) is -0.306. The first kappa shape index (κ1) is 12.1. The van der Waals surface area contributed by atoms with E-state index < -0.39 is 11.9 Å². The Morgan fingerprint density at radius 1 is 1.60 bits per heavy atom. The highest BCUT2D eigenvalue weighted by Crippen LogP contribution is 2.18. The molecule has 0 heterocycles. The molecule has 1 atom stereocenters. The van der Waals surface area contributed by atoms with Crippen molar-refractivity contribution in [3.05, 3.63) is 34.6 Å². The van der Waals surface area contributed by atoms with Crippen molar-refractivity contribution in [3.8, 4) is 0 Å². The Labute approximate surface area is 93.0 Å². The molecule has 0 aliphatic heterocycles. The fourth-order valence-electron chi connectivity index (χ4n) is 1.13. The van der Waals surface area contributed by atoms with Crippen molar-refractivity contribution < 1.29 is 13.9 Å². The second kappa shape index (κ2) is 5.24.